The summed E-state index contributed by atoms with van der Waals surface area (Å²) in [5, 5.41) is 11.6. The number of carbonyl (C=O) groups excluding carboxylic acids is 1. The molecular formula is C11H19N3O. The molecule has 1 fully saturated rings. The first-order chi connectivity index (χ1) is 7.02. The first-order valence-corrected chi connectivity index (χ1v) is 5.41. The van der Waals surface area contributed by atoms with Crippen molar-refractivity contribution >= 4 is 5.91 Å². The predicted octanol–water partition coefficient (Wildman–Crippen LogP) is 0.747. The monoisotopic (exact) mass is 209 g/mol. The van der Waals surface area contributed by atoms with Crippen LogP contribution in [0.2, 0.25) is 0 Å². The summed E-state index contributed by atoms with van der Waals surface area (Å²) in [5.41, 5.74) is -0.684. The molecule has 0 heterocycles. The van der Waals surface area contributed by atoms with Crippen molar-refractivity contribution in [2.75, 3.05) is 20.1 Å². The van der Waals surface area contributed by atoms with E-state index in [1.807, 2.05) is 7.05 Å². The highest BCUT2D eigenvalue weighted by Gasteiger charge is 2.50. The standard InChI is InChI=1S/C11H19N3O/c1-9(2)14(3)7-6-13-10(15)11(8-12)4-5-11/h9H,4-7H2,1-3H3,(H,13,15). The minimum absolute atomic E-state index is 0.0952. The molecule has 4 nitrogen and oxygen atoms in total. The third kappa shape index (κ3) is 2.93. The molecule has 0 atom stereocenters. The summed E-state index contributed by atoms with van der Waals surface area (Å²) in [7, 11) is 2.02. The lowest BCUT2D eigenvalue weighted by atomic mass is 10.1. The van der Waals surface area contributed by atoms with Crippen molar-refractivity contribution in [1.29, 1.82) is 5.26 Å². The first kappa shape index (κ1) is 12.0. The lowest BCUT2D eigenvalue weighted by molar-refractivity contribution is -0.124. The van der Waals surface area contributed by atoms with Gasteiger partial charge in [0.15, 0.2) is 0 Å². The van der Waals surface area contributed by atoms with Crippen LogP contribution < -0.4 is 5.32 Å². The molecular weight excluding hydrogens is 190 g/mol. The minimum atomic E-state index is -0.684. The SMILES string of the molecule is CC(C)N(C)CCNC(=O)C1(C#N)CC1. The molecule has 1 aliphatic carbocycles. The maximum absolute atomic E-state index is 11.6. The van der Waals surface area contributed by atoms with Gasteiger partial charge in [-0.25, -0.2) is 0 Å². The number of rotatable bonds is 5. The van der Waals surface area contributed by atoms with Crippen LogP contribution in [-0.4, -0.2) is 37.0 Å². The predicted molar refractivity (Wildman–Crippen MR) is 58.1 cm³/mol. The zero-order valence-electron chi connectivity index (χ0n) is 9.71. The molecule has 0 saturated heterocycles. The maximum Gasteiger partial charge on any atom is 0.240 e. The van der Waals surface area contributed by atoms with Crippen molar-refractivity contribution < 1.29 is 4.79 Å². The number of hydrogen-bond acceptors (Lipinski definition) is 3. The molecule has 1 N–H and O–H groups in total. The van der Waals surface area contributed by atoms with E-state index in [4.69, 9.17) is 5.26 Å². The Balaban J connectivity index is 2.22. The average molecular weight is 209 g/mol. The molecule has 1 aliphatic rings. The second-order valence-electron chi connectivity index (χ2n) is 4.52. The molecule has 4 heteroatoms. The fourth-order valence-electron chi connectivity index (χ4n) is 1.29. The van der Waals surface area contributed by atoms with Crippen LogP contribution in [0.25, 0.3) is 0 Å². The Morgan fingerprint density at radius 2 is 2.20 bits per heavy atom. The lowest BCUT2D eigenvalue weighted by Crippen LogP contribution is -2.38. The van der Waals surface area contributed by atoms with Crippen LogP contribution in [0.15, 0.2) is 0 Å². The molecule has 1 rings (SSSR count). The van der Waals surface area contributed by atoms with Gasteiger partial charge in [0.2, 0.25) is 5.91 Å². The van der Waals surface area contributed by atoms with Gasteiger partial charge in [-0.2, -0.15) is 5.26 Å². The summed E-state index contributed by atoms with van der Waals surface area (Å²) in [5.74, 6) is -0.0952. The zero-order valence-corrected chi connectivity index (χ0v) is 9.71. The maximum atomic E-state index is 11.6. The molecule has 0 spiro atoms. The summed E-state index contributed by atoms with van der Waals surface area (Å²) in [4.78, 5) is 13.7. The van der Waals surface area contributed by atoms with Gasteiger partial charge in [0.25, 0.3) is 0 Å². The molecule has 0 aromatic heterocycles. The van der Waals surface area contributed by atoms with Crippen molar-refractivity contribution in [3.63, 3.8) is 0 Å². The Morgan fingerprint density at radius 1 is 1.60 bits per heavy atom. The van der Waals surface area contributed by atoms with Crippen LogP contribution >= 0.6 is 0 Å². The molecule has 0 radical (unpaired) electrons. The van der Waals surface area contributed by atoms with Crippen molar-refractivity contribution in [1.82, 2.24) is 10.2 Å². The highest BCUT2D eigenvalue weighted by atomic mass is 16.2. The summed E-state index contributed by atoms with van der Waals surface area (Å²) in [6.07, 6.45) is 1.44. The number of nitriles is 1. The zero-order chi connectivity index (χ0) is 11.5. The van der Waals surface area contributed by atoms with Gasteiger partial charge in [-0.05, 0) is 33.7 Å². The van der Waals surface area contributed by atoms with Crippen LogP contribution in [0.4, 0.5) is 0 Å². The fraction of sp³-hybridized carbons (Fsp3) is 0.818. The molecule has 84 valence electrons. The van der Waals surface area contributed by atoms with Gasteiger partial charge >= 0.3 is 0 Å². The van der Waals surface area contributed by atoms with E-state index >= 15 is 0 Å². The number of carbonyl (C=O) groups is 1. The fourth-order valence-corrected chi connectivity index (χ4v) is 1.29. The Kier molecular flexibility index (Phi) is 3.70. The van der Waals surface area contributed by atoms with Gasteiger partial charge in [-0.1, -0.05) is 0 Å². The van der Waals surface area contributed by atoms with Gasteiger partial charge in [0.1, 0.15) is 5.41 Å². The molecule has 0 aliphatic heterocycles. The smallest absolute Gasteiger partial charge is 0.240 e. The van der Waals surface area contributed by atoms with Crippen molar-refractivity contribution in [3.05, 3.63) is 0 Å². The summed E-state index contributed by atoms with van der Waals surface area (Å²) in [6, 6.07) is 2.57. The van der Waals surface area contributed by atoms with Crippen LogP contribution in [0, 0.1) is 16.7 Å². The van der Waals surface area contributed by atoms with E-state index in [1.165, 1.54) is 0 Å². The van der Waals surface area contributed by atoms with Crippen LogP contribution in [0.3, 0.4) is 0 Å². The number of hydrogen-bond donors (Lipinski definition) is 1. The van der Waals surface area contributed by atoms with Crippen molar-refractivity contribution in [2.45, 2.75) is 32.7 Å². The second kappa shape index (κ2) is 4.63. The number of likely N-dealkylation sites (N-methyl/N-ethyl adjacent to an activating group) is 1. The van der Waals surface area contributed by atoms with E-state index in [0.29, 0.717) is 12.6 Å². The molecule has 15 heavy (non-hydrogen) atoms. The quantitative estimate of drug-likeness (QED) is 0.727. The van der Waals surface area contributed by atoms with Crippen LogP contribution in [0.1, 0.15) is 26.7 Å². The Bertz CT molecular complexity index is 276. The summed E-state index contributed by atoms with van der Waals surface area (Å²) in [6.45, 7) is 5.67. The van der Waals surface area contributed by atoms with E-state index in [0.717, 1.165) is 19.4 Å². The third-order valence-electron chi connectivity index (χ3n) is 3.03. The van der Waals surface area contributed by atoms with Crippen LogP contribution in [0.5, 0.6) is 0 Å². The lowest BCUT2D eigenvalue weighted by Gasteiger charge is -2.21. The summed E-state index contributed by atoms with van der Waals surface area (Å²) >= 11 is 0. The van der Waals surface area contributed by atoms with Crippen LogP contribution in [-0.2, 0) is 4.79 Å². The minimum Gasteiger partial charge on any atom is -0.353 e. The Morgan fingerprint density at radius 3 is 2.60 bits per heavy atom. The Labute approximate surface area is 91.2 Å². The topological polar surface area (TPSA) is 56.1 Å². The molecule has 1 amide bonds. The van der Waals surface area contributed by atoms with E-state index in [2.05, 4.69) is 30.1 Å². The first-order valence-electron chi connectivity index (χ1n) is 5.41. The number of nitrogens with one attached hydrogen (secondary N) is 1. The van der Waals surface area contributed by atoms with Crippen molar-refractivity contribution in [2.24, 2.45) is 5.41 Å². The van der Waals surface area contributed by atoms with Gasteiger partial charge < -0.3 is 10.2 Å². The van der Waals surface area contributed by atoms with Gasteiger partial charge in [0, 0.05) is 19.1 Å². The van der Waals surface area contributed by atoms with E-state index in [-0.39, 0.29) is 5.91 Å². The molecule has 0 bridgehead atoms. The van der Waals surface area contributed by atoms with E-state index < -0.39 is 5.41 Å². The molecule has 1 saturated carbocycles. The van der Waals surface area contributed by atoms with Gasteiger partial charge in [0.05, 0.1) is 6.07 Å². The molecule has 0 unspecified atom stereocenters. The summed E-state index contributed by atoms with van der Waals surface area (Å²) < 4.78 is 0. The van der Waals surface area contributed by atoms with Crippen molar-refractivity contribution in [3.8, 4) is 6.07 Å². The van der Waals surface area contributed by atoms with Gasteiger partial charge in [-0.15, -0.1) is 0 Å². The second-order valence-corrected chi connectivity index (χ2v) is 4.52. The third-order valence-corrected chi connectivity index (χ3v) is 3.03. The number of amides is 1. The highest BCUT2D eigenvalue weighted by Crippen LogP contribution is 2.44. The van der Waals surface area contributed by atoms with Gasteiger partial charge in [-0.3, -0.25) is 4.79 Å². The normalized spacial score (nSPS) is 17.6. The highest BCUT2D eigenvalue weighted by molar-refractivity contribution is 5.88. The molecule has 0 aromatic rings. The van der Waals surface area contributed by atoms with E-state index in [1.54, 1.807) is 0 Å². The van der Waals surface area contributed by atoms with E-state index in [9.17, 15) is 4.79 Å². The average Bonchev–Trinajstić information content (AvgIpc) is 2.97. The largest absolute Gasteiger partial charge is 0.353 e. The number of nitrogens with zero attached hydrogens (tertiary/aromatic N) is 2. The Hall–Kier alpha value is -1.08. The molecule has 0 aromatic carbocycles.